The topological polar surface area (TPSA) is 73.5 Å². The van der Waals surface area contributed by atoms with Crippen molar-refractivity contribution in [1.82, 2.24) is 20.9 Å². The summed E-state index contributed by atoms with van der Waals surface area (Å²) in [6, 6.07) is 0.442. The fourth-order valence-corrected chi connectivity index (χ4v) is 2.24. The van der Waals surface area contributed by atoms with Crippen molar-refractivity contribution in [2.24, 2.45) is 0 Å². The zero-order valence-electron chi connectivity index (χ0n) is 10.9. The molecular formula is C12H22N4O2. The van der Waals surface area contributed by atoms with Gasteiger partial charge in [0.25, 0.3) is 0 Å². The highest BCUT2D eigenvalue weighted by Crippen LogP contribution is 2.25. The smallest absolute Gasteiger partial charge is 0.239 e. The van der Waals surface area contributed by atoms with Crippen LogP contribution in [-0.4, -0.2) is 61.5 Å². The van der Waals surface area contributed by atoms with E-state index in [1.54, 1.807) is 0 Å². The number of carbonyl (C=O) groups is 2. The molecule has 18 heavy (non-hydrogen) atoms. The van der Waals surface area contributed by atoms with E-state index < -0.39 is 0 Å². The number of nitrogens with zero attached hydrogens (tertiary/aromatic N) is 1. The van der Waals surface area contributed by atoms with E-state index in [-0.39, 0.29) is 24.4 Å². The molecule has 1 heterocycles. The molecule has 2 aliphatic rings. The van der Waals surface area contributed by atoms with Gasteiger partial charge in [0.05, 0.1) is 6.54 Å². The standard InChI is InChI=1S/C12H22N4O2/c1-2-16(9-3-4-9)6-5-13-12(18)10-7-15-11(17)8-14-10/h9-10,14H,2-8H2,1H3,(H,13,18)(H,15,17). The van der Waals surface area contributed by atoms with E-state index in [4.69, 9.17) is 0 Å². The van der Waals surface area contributed by atoms with E-state index in [9.17, 15) is 9.59 Å². The second-order valence-corrected chi connectivity index (χ2v) is 4.89. The van der Waals surface area contributed by atoms with E-state index in [2.05, 4.69) is 27.8 Å². The normalized spacial score (nSPS) is 23.9. The van der Waals surface area contributed by atoms with Gasteiger partial charge in [0.2, 0.25) is 11.8 Å². The molecule has 1 unspecified atom stereocenters. The van der Waals surface area contributed by atoms with Gasteiger partial charge in [-0.15, -0.1) is 0 Å². The van der Waals surface area contributed by atoms with Crippen molar-refractivity contribution in [2.75, 3.05) is 32.7 Å². The Balaban J connectivity index is 1.63. The maximum absolute atomic E-state index is 11.8. The predicted octanol–water partition coefficient (Wildman–Crippen LogP) is -1.33. The Morgan fingerprint density at radius 1 is 1.50 bits per heavy atom. The first-order chi connectivity index (χ1) is 8.70. The maximum atomic E-state index is 11.8. The molecule has 6 heteroatoms. The first-order valence-corrected chi connectivity index (χ1v) is 6.72. The lowest BCUT2D eigenvalue weighted by molar-refractivity contribution is -0.126. The number of carbonyl (C=O) groups excluding carboxylic acids is 2. The van der Waals surface area contributed by atoms with Gasteiger partial charge in [0, 0.05) is 25.7 Å². The molecule has 0 aromatic rings. The quantitative estimate of drug-likeness (QED) is 0.549. The Hall–Kier alpha value is -1.14. The maximum Gasteiger partial charge on any atom is 0.239 e. The van der Waals surface area contributed by atoms with Crippen molar-refractivity contribution in [3.63, 3.8) is 0 Å². The molecule has 2 amide bonds. The lowest BCUT2D eigenvalue weighted by atomic mass is 10.2. The molecule has 0 spiro atoms. The van der Waals surface area contributed by atoms with Crippen LogP contribution >= 0.6 is 0 Å². The van der Waals surface area contributed by atoms with Gasteiger partial charge in [-0.3, -0.25) is 19.8 Å². The molecule has 1 saturated heterocycles. The number of hydrogen-bond acceptors (Lipinski definition) is 4. The summed E-state index contributed by atoms with van der Waals surface area (Å²) in [6.07, 6.45) is 2.58. The summed E-state index contributed by atoms with van der Waals surface area (Å²) in [5, 5.41) is 8.52. The Bertz CT molecular complexity index is 307. The van der Waals surface area contributed by atoms with Gasteiger partial charge in [-0.05, 0) is 19.4 Å². The molecule has 3 N–H and O–H groups in total. The van der Waals surface area contributed by atoms with Gasteiger partial charge in [-0.2, -0.15) is 0 Å². The minimum Gasteiger partial charge on any atom is -0.353 e. The lowest BCUT2D eigenvalue weighted by Gasteiger charge is -2.24. The predicted molar refractivity (Wildman–Crippen MR) is 68.1 cm³/mol. The molecule has 102 valence electrons. The molecule has 1 saturated carbocycles. The highest BCUT2D eigenvalue weighted by molar-refractivity contribution is 5.86. The van der Waals surface area contributed by atoms with Crippen LogP contribution in [0.3, 0.4) is 0 Å². The minimum atomic E-state index is -0.293. The molecule has 0 bridgehead atoms. The summed E-state index contributed by atoms with van der Waals surface area (Å²) in [7, 11) is 0. The Labute approximate surface area is 107 Å². The first kappa shape index (κ1) is 13.3. The summed E-state index contributed by atoms with van der Waals surface area (Å²) >= 11 is 0. The van der Waals surface area contributed by atoms with Crippen LogP contribution in [0, 0.1) is 0 Å². The molecular weight excluding hydrogens is 232 g/mol. The van der Waals surface area contributed by atoms with E-state index in [0.29, 0.717) is 13.1 Å². The Morgan fingerprint density at radius 3 is 2.83 bits per heavy atom. The number of piperazine rings is 1. The summed E-state index contributed by atoms with van der Waals surface area (Å²) in [5.74, 6) is -0.0770. The van der Waals surface area contributed by atoms with E-state index in [0.717, 1.165) is 19.1 Å². The number of rotatable bonds is 6. The van der Waals surface area contributed by atoms with Crippen LogP contribution in [0.15, 0.2) is 0 Å². The van der Waals surface area contributed by atoms with Gasteiger partial charge >= 0.3 is 0 Å². The lowest BCUT2D eigenvalue weighted by Crippen LogP contribution is -2.58. The molecule has 2 rings (SSSR count). The SMILES string of the molecule is CCN(CCNC(=O)C1CNC(=O)CN1)C1CC1. The van der Waals surface area contributed by atoms with Crippen molar-refractivity contribution >= 4 is 11.8 Å². The Kier molecular flexibility index (Phi) is 4.54. The number of hydrogen-bond donors (Lipinski definition) is 3. The molecule has 0 aromatic heterocycles. The van der Waals surface area contributed by atoms with E-state index >= 15 is 0 Å². The summed E-state index contributed by atoms with van der Waals surface area (Å²) in [6.45, 7) is 5.38. The summed E-state index contributed by atoms with van der Waals surface area (Å²) in [5.41, 5.74) is 0. The molecule has 1 aliphatic heterocycles. The van der Waals surface area contributed by atoms with Gasteiger partial charge in [-0.1, -0.05) is 6.92 Å². The summed E-state index contributed by atoms with van der Waals surface area (Å²) < 4.78 is 0. The molecule has 2 fully saturated rings. The number of likely N-dealkylation sites (N-methyl/N-ethyl adjacent to an activating group) is 1. The van der Waals surface area contributed by atoms with Gasteiger partial charge in [0.1, 0.15) is 6.04 Å². The molecule has 6 nitrogen and oxygen atoms in total. The molecule has 1 atom stereocenters. The van der Waals surface area contributed by atoms with Crippen LogP contribution in [0.4, 0.5) is 0 Å². The second-order valence-electron chi connectivity index (χ2n) is 4.89. The average molecular weight is 254 g/mol. The number of nitrogens with one attached hydrogen (secondary N) is 3. The van der Waals surface area contributed by atoms with Crippen molar-refractivity contribution in [3.8, 4) is 0 Å². The molecule has 0 aromatic carbocycles. The third-order valence-electron chi connectivity index (χ3n) is 3.50. The highest BCUT2D eigenvalue weighted by Gasteiger charge is 2.28. The third kappa shape index (κ3) is 3.68. The monoisotopic (exact) mass is 254 g/mol. The van der Waals surface area contributed by atoms with Crippen molar-refractivity contribution < 1.29 is 9.59 Å². The van der Waals surface area contributed by atoms with Crippen LogP contribution in [0.1, 0.15) is 19.8 Å². The zero-order chi connectivity index (χ0) is 13.0. The largest absolute Gasteiger partial charge is 0.353 e. The van der Waals surface area contributed by atoms with Crippen LogP contribution in [0.2, 0.25) is 0 Å². The Morgan fingerprint density at radius 2 is 2.28 bits per heavy atom. The highest BCUT2D eigenvalue weighted by atomic mass is 16.2. The minimum absolute atomic E-state index is 0.0261. The molecule has 1 aliphatic carbocycles. The first-order valence-electron chi connectivity index (χ1n) is 6.72. The van der Waals surface area contributed by atoms with Crippen molar-refractivity contribution in [2.45, 2.75) is 31.8 Å². The number of amides is 2. The fraction of sp³-hybridized carbons (Fsp3) is 0.833. The van der Waals surface area contributed by atoms with Crippen molar-refractivity contribution in [3.05, 3.63) is 0 Å². The average Bonchev–Trinajstić information content (AvgIpc) is 3.19. The molecule has 0 radical (unpaired) electrons. The third-order valence-corrected chi connectivity index (χ3v) is 3.50. The van der Waals surface area contributed by atoms with Crippen LogP contribution in [0.5, 0.6) is 0 Å². The summed E-state index contributed by atoms with van der Waals surface area (Å²) in [4.78, 5) is 25.2. The van der Waals surface area contributed by atoms with Crippen LogP contribution in [0.25, 0.3) is 0 Å². The van der Waals surface area contributed by atoms with Gasteiger partial charge in [0.15, 0.2) is 0 Å². The van der Waals surface area contributed by atoms with E-state index in [1.165, 1.54) is 12.8 Å². The second kappa shape index (κ2) is 6.15. The van der Waals surface area contributed by atoms with Gasteiger partial charge in [-0.25, -0.2) is 0 Å². The zero-order valence-corrected chi connectivity index (χ0v) is 10.9. The van der Waals surface area contributed by atoms with E-state index in [1.807, 2.05) is 0 Å². The van der Waals surface area contributed by atoms with Crippen molar-refractivity contribution in [1.29, 1.82) is 0 Å². The van der Waals surface area contributed by atoms with Crippen LogP contribution < -0.4 is 16.0 Å². The fourth-order valence-electron chi connectivity index (χ4n) is 2.24. The van der Waals surface area contributed by atoms with Crippen LogP contribution in [-0.2, 0) is 9.59 Å². The van der Waals surface area contributed by atoms with Gasteiger partial charge < -0.3 is 10.6 Å².